The van der Waals surface area contributed by atoms with Crippen LogP contribution in [0.5, 0.6) is 0 Å². The first-order chi connectivity index (χ1) is 8.75. The molecule has 18 heavy (non-hydrogen) atoms. The summed E-state index contributed by atoms with van der Waals surface area (Å²) in [6.45, 7) is 0.381. The SMILES string of the molecule is O=C(O)c1occc1Cn1ncc2ccccc21. The Balaban J connectivity index is 2.02. The fourth-order valence-corrected chi connectivity index (χ4v) is 1.96. The van der Waals surface area contributed by atoms with Crippen LogP contribution in [0.4, 0.5) is 0 Å². The van der Waals surface area contributed by atoms with Crippen LogP contribution >= 0.6 is 0 Å². The molecule has 0 radical (unpaired) electrons. The van der Waals surface area contributed by atoms with Gasteiger partial charge >= 0.3 is 5.97 Å². The summed E-state index contributed by atoms with van der Waals surface area (Å²) >= 11 is 0. The van der Waals surface area contributed by atoms with Gasteiger partial charge in [0.05, 0.1) is 24.5 Å². The molecule has 2 aromatic heterocycles. The molecule has 0 bridgehead atoms. The van der Waals surface area contributed by atoms with E-state index < -0.39 is 5.97 Å². The summed E-state index contributed by atoms with van der Waals surface area (Å²) in [6, 6.07) is 9.43. The average Bonchev–Trinajstić information content (AvgIpc) is 2.97. The van der Waals surface area contributed by atoms with E-state index in [2.05, 4.69) is 5.10 Å². The summed E-state index contributed by atoms with van der Waals surface area (Å²) < 4.78 is 6.70. The average molecular weight is 242 g/mol. The minimum absolute atomic E-state index is 0.0328. The van der Waals surface area contributed by atoms with E-state index in [9.17, 15) is 4.79 Å². The second-order valence-electron chi connectivity index (χ2n) is 3.94. The molecule has 0 aliphatic rings. The predicted octanol–water partition coefficient (Wildman–Crippen LogP) is 2.38. The fourth-order valence-electron chi connectivity index (χ4n) is 1.96. The van der Waals surface area contributed by atoms with Crippen LogP contribution in [-0.2, 0) is 6.54 Å². The van der Waals surface area contributed by atoms with Gasteiger partial charge in [-0.3, -0.25) is 4.68 Å². The van der Waals surface area contributed by atoms with Crippen LogP contribution in [0, 0.1) is 0 Å². The summed E-state index contributed by atoms with van der Waals surface area (Å²) in [7, 11) is 0. The van der Waals surface area contributed by atoms with E-state index in [0.717, 1.165) is 10.9 Å². The normalized spacial score (nSPS) is 10.9. The summed E-state index contributed by atoms with van der Waals surface area (Å²) in [5.74, 6) is -1.10. The van der Waals surface area contributed by atoms with Crippen LogP contribution in [0.25, 0.3) is 10.9 Å². The number of carboxylic acid groups (broad SMARTS) is 1. The molecule has 0 saturated heterocycles. The van der Waals surface area contributed by atoms with Crippen molar-refractivity contribution in [2.75, 3.05) is 0 Å². The first kappa shape index (κ1) is 10.6. The molecule has 0 unspecified atom stereocenters. The summed E-state index contributed by atoms with van der Waals surface area (Å²) in [5, 5.41) is 14.3. The van der Waals surface area contributed by atoms with Gasteiger partial charge in [0.15, 0.2) is 0 Å². The highest BCUT2D eigenvalue weighted by atomic mass is 16.4. The largest absolute Gasteiger partial charge is 0.475 e. The number of rotatable bonds is 3. The minimum atomic E-state index is -1.06. The number of fused-ring (bicyclic) bond motifs is 1. The second-order valence-corrected chi connectivity index (χ2v) is 3.94. The number of nitrogens with zero attached hydrogens (tertiary/aromatic N) is 2. The van der Waals surface area contributed by atoms with Crippen molar-refractivity contribution in [1.29, 1.82) is 0 Å². The number of benzene rings is 1. The zero-order valence-corrected chi connectivity index (χ0v) is 9.41. The lowest BCUT2D eigenvalue weighted by molar-refractivity contribution is 0.0660. The molecule has 0 aliphatic heterocycles. The Morgan fingerprint density at radius 2 is 2.17 bits per heavy atom. The maximum absolute atomic E-state index is 11.0. The molecule has 3 aromatic rings. The molecule has 0 saturated carbocycles. The van der Waals surface area contributed by atoms with E-state index in [4.69, 9.17) is 9.52 Å². The highest BCUT2D eigenvalue weighted by Crippen LogP contribution is 2.17. The number of carboxylic acids is 1. The monoisotopic (exact) mass is 242 g/mol. The Kier molecular flexibility index (Phi) is 2.37. The van der Waals surface area contributed by atoms with Crippen LogP contribution in [0.1, 0.15) is 16.1 Å². The standard InChI is InChI=1S/C13H10N2O3/c16-13(17)12-10(5-6-18-12)8-15-11-4-2-1-3-9(11)7-14-15/h1-7H,8H2,(H,16,17). The summed E-state index contributed by atoms with van der Waals surface area (Å²) in [4.78, 5) is 11.0. The van der Waals surface area contributed by atoms with Crippen molar-refractivity contribution < 1.29 is 14.3 Å². The molecule has 0 aliphatic carbocycles. The Morgan fingerprint density at radius 3 is 3.00 bits per heavy atom. The van der Waals surface area contributed by atoms with Crippen molar-refractivity contribution in [2.45, 2.75) is 6.54 Å². The second kappa shape index (κ2) is 4.03. The number of para-hydroxylation sites is 1. The van der Waals surface area contributed by atoms with E-state index in [1.165, 1.54) is 6.26 Å². The van der Waals surface area contributed by atoms with Gasteiger partial charge < -0.3 is 9.52 Å². The summed E-state index contributed by atoms with van der Waals surface area (Å²) in [6.07, 6.45) is 3.14. The van der Waals surface area contributed by atoms with Crippen LogP contribution in [0.15, 0.2) is 47.2 Å². The van der Waals surface area contributed by atoms with Crippen LogP contribution < -0.4 is 0 Å². The number of hydrogen-bond acceptors (Lipinski definition) is 3. The lowest BCUT2D eigenvalue weighted by Crippen LogP contribution is -2.05. The quantitative estimate of drug-likeness (QED) is 0.765. The zero-order chi connectivity index (χ0) is 12.5. The molecule has 5 heteroatoms. The van der Waals surface area contributed by atoms with Gasteiger partial charge in [-0.25, -0.2) is 4.79 Å². The number of carbonyl (C=O) groups is 1. The maximum Gasteiger partial charge on any atom is 0.372 e. The van der Waals surface area contributed by atoms with Gasteiger partial charge in [0.1, 0.15) is 0 Å². The van der Waals surface area contributed by atoms with E-state index in [-0.39, 0.29) is 5.76 Å². The number of furan rings is 1. The van der Waals surface area contributed by atoms with E-state index in [1.54, 1.807) is 16.9 Å². The third-order valence-electron chi connectivity index (χ3n) is 2.81. The molecule has 0 spiro atoms. The molecule has 0 amide bonds. The number of aromatic nitrogens is 2. The Bertz CT molecular complexity index is 712. The van der Waals surface area contributed by atoms with Gasteiger partial charge in [-0.05, 0) is 12.1 Å². The Morgan fingerprint density at radius 1 is 1.33 bits per heavy atom. The molecule has 1 N–H and O–H groups in total. The Labute approximate surface area is 102 Å². The molecule has 0 fully saturated rings. The molecule has 3 rings (SSSR count). The van der Waals surface area contributed by atoms with Gasteiger partial charge in [-0.2, -0.15) is 5.10 Å². The van der Waals surface area contributed by atoms with Gasteiger partial charge in [-0.1, -0.05) is 18.2 Å². The molecular weight excluding hydrogens is 232 g/mol. The fraction of sp³-hybridized carbons (Fsp3) is 0.0769. The van der Waals surface area contributed by atoms with Gasteiger partial charge in [-0.15, -0.1) is 0 Å². The first-order valence-electron chi connectivity index (χ1n) is 5.46. The minimum Gasteiger partial charge on any atom is -0.475 e. The molecule has 2 heterocycles. The first-order valence-corrected chi connectivity index (χ1v) is 5.46. The van der Waals surface area contributed by atoms with Crippen LogP contribution in [0.3, 0.4) is 0 Å². The molecule has 5 nitrogen and oxygen atoms in total. The van der Waals surface area contributed by atoms with E-state index >= 15 is 0 Å². The number of hydrogen-bond donors (Lipinski definition) is 1. The van der Waals surface area contributed by atoms with Crippen molar-refractivity contribution >= 4 is 16.9 Å². The maximum atomic E-state index is 11.0. The highest BCUT2D eigenvalue weighted by Gasteiger charge is 2.15. The van der Waals surface area contributed by atoms with Crippen molar-refractivity contribution in [3.8, 4) is 0 Å². The smallest absolute Gasteiger partial charge is 0.372 e. The van der Waals surface area contributed by atoms with Crippen molar-refractivity contribution in [3.05, 3.63) is 54.1 Å². The van der Waals surface area contributed by atoms with Crippen molar-refractivity contribution in [3.63, 3.8) is 0 Å². The lowest BCUT2D eigenvalue weighted by Gasteiger charge is -2.02. The summed E-state index contributed by atoms with van der Waals surface area (Å²) in [5.41, 5.74) is 1.58. The van der Waals surface area contributed by atoms with Gasteiger partial charge in [0.25, 0.3) is 0 Å². The third-order valence-corrected chi connectivity index (χ3v) is 2.81. The van der Waals surface area contributed by atoms with E-state index in [0.29, 0.717) is 12.1 Å². The van der Waals surface area contributed by atoms with Crippen molar-refractivity contribution in [1.82, 2.24) is 9.78 Å². The van der Waals surface area contributed by atoms with Crippen molar-refractivity contribution in [2.24, 2.45) is 0 Å². The van der Waals surface area contributed by atoms with Crippen LogP contribution in [0.2, 0.25) is 0 Å². The highest BCUT2D eigenvalue weighted by molar-refractivity contribution is 5.86. The van der Waals surface area contributed by atoms with Gasteiger partial charge in [0.2, 0.25) is 5.76 Å². The lowest BCUT2D eigenvalue weighted by atomic mass is 10.2. The number of aromatic carboxylic acids is 1. The topological polar surface area (TPSA) is 68.3 Å². The molecule has 1 aromatic carbocycles. The molecule has 0 atom stereocenters. The van der Waals surface area contributed by atoms with Crippen LogP contribution in [-0.4, -0.2) is 20.9 Å². The predicted molar refractivity (Wildman–Crippen MR) is 64.5 cm³/mol. The molecule has 90 valence electrons. The van der Waals surface area contributed by atoms with E-state index in [1.807, 2.05) is 24.3 Å². The third kappa shape index (κ3) is 1.66. The van der Waals surface area contributed by atoms with Gasteiger partial charge in [0, 0.05) is 10.9 Å². The Hall–Kier alpha value is -2.56. The zero-order valence-electron chi connectivity index (χ0n) is 9.41. The molecular formula is C13H10N2O3.